The first-order chi connectivity index (χ1) is 7.75. The van der Waals surface area contributed by atoms with Crippen molar-refractivity contribution in [2.45, 2.75) is 39.0 Å². The van der Waals surface area contributed by atoms with Crippen molar-refractivity contribution in [1.82, 2.24) is 0 Å². The number of carbonyl (C=O) groups is 1. The molecule has 1 spiro atoms. The van der Waals surface area contributed by atoms with Crippen molar-refractivity contribution >= 4 is 5.97 Å². The number of hydrogen-bond donors (Lipinski definition) is 0. The van der Waals surface area contributed by atoms with E-state index in [0.29, 0.717) is 12.5 Å². The summed E-state index contributed by atoms with van der Waals surface area (Å²) in [7, 11) is 0. The predicted molar refractivity (Wildman–Crippen MR) is 61.8 cm³/mol. The minimum atomic E-state index is -0.287. The molecule has 0 radical (unpaired) electrons. The highest BCUT2D eigenvalue weighted by Gasteiger charge is 2.53. The van der Waals surface area contributed by atoms with Gasteiger partial charge in [0.1, 0.15) is 0 Å². The Morgan fingerprint density at radius 2 is 2.25 bits per heavy atom. The van der Waals surface area contributed by atoms with Gasteiger partial charge in [-0.3, -0.25) is 4.79 Å². The fraction of sp³-hybridized carbons (Fsp3) is 0.643. The fourth-order valence-corrected chi connectivity index (χ4v) is 3.67. The lowest BCUT2D eigenvalue weighted by Crippen LogP contribution is -2.40. The molecule has 2 atom stereocenters. The average molecular weight is 218 g/mol. The zero-order valence-corrected chi connectivity index (χ0v) is 9.79. The highest BCUT2D eigenvalue weighted by molar-refractivity contribution is 5.84. The van der Waals surface area contributed by atoms with Crippen LogP contribution in [0.2, 0.25) is 0 Å². The lowest BCUT2D eigenvalue weighted by Gasteiger charge is -2.41. The second-order valence-corrected chi connectivity index (χ2v) is 5.25. The Balaban J connectivity index is 2.07. The van der Waals surface area contributed by atoms with Gasteiger partial charge < -0.3 is 4.74 Å². The molecule has 16 heavy (non-hydrogen) atoms. The average Bonchev–Trinajstić information content (AvgIpc) is 2.68. The summed E-state index contributed by atoms with van der Waals surface area (Å²) < 4.78 is 5.26. The number of esters is 1. The minimum Gasteiger partial charge on any atom is -0.465 e. The van der Waals surface area contributed by atoms with Gasteiger partial charge in [0.05, 0.1) is 12.0 Å². The van der Waals surface area contributed by atoms with Crippen LogP contribution >= 0.6 is 0 Å². The zero-order valence-electron chi connectivity index (χ0n) is 9.79. The first-order valence-electron chi connectivity index (χ1n) is 6.30. The SMILES string of the molecule is CC1=CC=C2CCCC[C@@H]2[C@]12CCOC2=O. The first kappa shape index (κ1) is 10.1. The monoisotopic (exact) mass is 218 g/mol. The number of fused-ring (bicyclic) bond motifs is 2. The topological polar surface area (TPSA) is 26.3 Å². The van der Waals surface area contributed by atoms with E-state index in [1.165, 1.54) is 30.4 Å². The van der Waals surface area contributed by atoms with Crippen LogP contribution in [0.3, 0.4) is 0 Å². The first-order valence-corrected chi connectivity index (χ1v) is 6.30. The van der Waals surface area contributed by atoms with Crippen molar-refractivity contribution in [1.29, 1.82) is 0 Å². The van der Waals surface area contributed by atoms with Gasteiger partial charge in [-0.05, 0) is 26.2 Å². The maximum Gasteiger partial charge on any atom is 0.316 e. The molecule has 0 N–H and O–H groups in total. The summed E-state index contributed by atoms with van der Waals surface area (Å²) in [5, 5.41) is 0. The Hall–Kier alpha value is -1.05. The van der Waals surface area contributed by atoms with Gasteiger partial charge in [-0.2, -0.15) is 0 Å². The number of rotatable bonds is 0. The highest BCUT2D eigenvalue weighted by Crippen LogP contribution is 2.53. The molecule has 3 rings (SSSR count). The van der Waals surface area contributed by atoms with Crippen LogP contribution in [0.5, 0.6) is 0 Å². The summed E-state index contributed by atoms with van der Waals surface area (Å²) in [6.45, 7) is 2.70. The van der Waals surface area contributed by atoms with Crippen molar-refractivity contribution < 1.29 is 9.53 Å². The van der Waals surface area contributed by atoms with Gasteiger partial charge in [-0.25, -0.2) is 0 Å². The summed E-state index contributed by atoms with van der Waals surface area (Å²) in [6, 6.07) is 0. The molecule has 2 nitrogen and oxygen atoms in total. The Morgan fingerprint density at radius 3 is 3.00 bits per heavy atom. The van der Waals surface area contributed by atoms with E-state index >= 15 is 0 Å². The summed E-state index contributed by atoms with van der Waals surface area (Å²) >= 11 is 0. The van der Waals surface area contributed by atoms with Crippen molar-refractivity contribution in [2.75, 3.05) is 6.61 Å². The van der Waals surface area contributed by atoms with Gasteiger partial charge in [-0.1, -0.05) is 29.7 Å². The third-order valence-corrected chi connectivity index (χ3v) is 4.60. The number of hydrogen-bond acceptors (Lipinski definition) is 2. The van der Waals surface area contributed by atoms with Crippen LogP contribution in [-0.2, 0) is 9.53 Å². The van der Waals surface area contributed by atoms with Crippen molar-refractivity contribution in [3.63, 3.8) is 0 Å². The quantitative estimate of drug-likeness (QED) is 0.584. The Kier molecular flexibility index (Phi) is 2.20. The van der Waals surface area contributed by atoms with Crippen LogP contribution < -0.4 is 0 Å². The van der Waals surface area contributed by atoms with E-state index in [1.54, 1.807) is 0 Å². The molecule has 1 saturated heterocycles. The number of allylic oxidation sites excluding steroid dienone is 3. The van der Waals surface area contributed by atoms with E-state index in [0.717, 1.165) is 12.8 Å². The second kappa shape index (κ2) is 3.47. The van der Waals surface area contributed by atoms with Gasteiger partial charge in [0.2, 0.25) is 0 Å². The normalized spacial score (nSPS) is 37.8. The molecule has 2 aliphatic carbocycles. The van der Waals surface area contributed by atoms with Crippen LogP contribution in [-0.4, -0.2) is 12.6 Å². The summed E-state index contributed by atoms with van der Waals surface area (Å²) in [4.78, 5) is 12.1. The van der Waals surface area contributed by atoms with E-state index in [1.807, 2.05) is 0 Å². The van der Waals surface area contributed by atoms with E-state index < -0.39 is 0 Å². The molecule has 1 aliphatic heterocycles. The molecular formula is C14H18O2. The second-order valence-electron chi connectivity index (χ2n) is 5.25. The van der Waals surface area contributed by atoms with E-state index in [2.05, 4.69) is 19.1 Å². The highest BCUT2D eigenvalue weighted by atomic mass is 16.5. The van der Waals surface area contributed by atoms with E-state index in [4.69, 9.17) is 4.74 Å². The smallest absolute Gasteiger partial charge is 0.316 e. The van der Waals surface area contributed by atoms with Gasteiger partial charge in [0.25, 0.3) is 0 Å². The third kappa shape index (κ3) is 1.16. The summed E-state index contributed by atoms with van der Waals surface area (Å²) in [5.41, 5.74) is 2.41. The largest absolute Gasteiger partial charge is 0.465 e. The van der Waals surface area contributed by atoms with Gasteiger partial charge in [0.15, 0.2) is 0 Å². The van der Waals surface area contributed by atoms with Gasteiger partial charge >= 0.3 is 5.97 Å². The lowest BCUT2D eigenvalue weighted by molar-refractivity contribution is -0.146. The third-order valence-electron chi connectivity index (χ3n) is 4.60. The molecular weight excluding hydrogens is 200 g/mol. The molecule has 0 unspecified atom stereocenters. The molecule has 2 fully saturated rings. The zero-order chi connectivity index (χ0) is 11.2. The molecule has 0 aromatic rings. The van der Waals surface area contributed by atoms with Gasteiger partial charge in [0, 0.05) is 12.3 Å². The van der Waals surface area contributed by atoms with Crippen molar-refractivity contribution in [3.05, 3.63) is 23.3 Å². The minimum absolute atomic E-state index is 0.0266. The van der Waals surface area contributed by atoms with Crippen LogP contribution in [0.1, 0.15) is 39.0 Å². The number of carbonyl (C=O) groups excluding carboxylic acids is 1. The van der Waals surface area contributed by atoms with E-state index in [9.17, 15) is 4.79 Å². The Labute approximate surface area is 96.4 Å². The number of ether oxygens (including phenoxy) is 1. The Morgan fingerprint density at radius 1 is 1.38 bits per heavy atom. The molecule has 0 aromatic carbocycles. The lowest BCUT2D eigenvalue weighted by atomic mass is 9.60. The molecule has 86 valence electrons. The molecule has 1 heterocycles. The molecule has 0 aromatic heterocycles. The van der Waals surface area contributed by atoms with Gasteiger partial charge in [-0.15, -0.1) is 0 Å². The molecule has 0 amide bonds. The van der Waals surface area contributed by atoms with E-state index in [-0.39, 0.29) is 11.4 Å². The fourth-order valence-electron chi connectivity index (χ4n) is 3.67. The molecule has 0 bridgehead atoms. The summed E-state index contributed by atoms with van der Waals surface area (Å²) in [5.74, 6) is 0.458. The van der Waals surface area contributed by atoms with Crippen LogP contribution in [0.4, 0.5) is 0 Å². The summed E-state index contributed by atoms with van der Waals surface area (Å²) in [6.07, 6.45) is 10.1. The van der Waals surface area contributed by atoms with Crippen LogP contribution in [0.25, 0.3) is 0 Å². The molecule has 1 saturated carbocycles. The van der Waals surface area contributed by atoms with Crippen LogP contribution in [0.15, 0.2) is 23.3 Å². The van der Waals surface area contributed by atoms with Crippen molar-refractivity contribution in [3.8, 4) is 0 Å². The van der Waals surface area contributed by atoms with Crippen LogP contribution in [0, 0.1) is 11.3 Å². The van der Waals surface area contributed by atoms with Crippen molar-refractivity contribution in [2.24, 2.45) is 11.3 Å². The molecule has 3 aliphatic rings. The Bertz CT molecular complexity index is 392. The number of cyclic esters (lactones) is 1. The maximum absolute atomic E-state index is 12.1. The predicted octanol–water partition coefficient (Wildman–Crippen LogP) is 3.00. The maximum atomic E-state index is 12.1. The molecule has 2 heteroatoms. The standard InChI is InChI=1S/C14H18O2/c1-10-6-7-11-4-2-3-5-12(11)14(10)8-9-16-13(14)15/h6-7,12H,2-5,8-9H2,1H3/t12-,14-/m0/s1.